The van der Waals surface area contributed by atoms with Gasteiger partial charge in [-0.25, -0.2) is 4.98 Å². The van der Waals surface area contributed by atoms with Crippen LogP contribution in [0.25, 0.3) is 11.2 Å². The second kappa shape index (κ2) is 10.3. The number of rotatable bonds is 9. The Balaban J connectivity index is 1.45. The highest BCUT2D eigenvalue weighted by Crippen LogP contribution is 2.37. The summed E-state index contributed by atoms with van der Waals surface area (Å²) in [5.41, 5.74) is 1.26. The molecule has 10 nitrogen and oxygen atoms in total. The average Bonchev–Trinajstić information content (AvgIpc) is 3.48. The van der Waals surface area contributed by atoms with Crippen LogP contribution in [0, 0.1) is 0 Å². The molecule has 31 heavy (non-hydrogen) atoms. The van der Waals surface area contributed by atoms with Crippen LogP contribution in [0.1, 0.15) is 51.7 Å². The second-order valence-electron chi connectivity index (χ2n) is 7.71. The highest BCUT2D eigenvalue weighted by molar-refractivity contribution is 7.91. The molecule has 1 aliphatic heterocycles. The van der Waals surface area contributed by atoms with Gasteiger partial charge in [0.25, 0.3) is 0 Å². The van der Waals surface area contributed by atoms with Gasteiger partial charge in [0.05, 0.1) is 29.8 Å². The van der Waals surface area contributed by atoms with Crippen LogP contribution in [-0.4, -0.2) is 63.2 Å². The number of anilines is 1. The number of imidazole rings is 1. The lowest BCUT2D eigenvalue weighted by molar-refractivity contribution is -0.0376. The summed E-state index contributed by atoms with van der Waals surface area (Å²) in [5.74, 6) is 0.931. The summed E-state index contributed by atoms with van der Waals surface area (Å²) >= 11 is 6.19. The molecule has 13 heteroatoms. The number of aromatic nitrogens is 4. The maximum Gasteiger partial charge on any atom is 0.226 e. The van der Waals surface area contributed by atoms with Gasteiger partial charge in [-0.05, 0) is 37.3 Å². The average molecular weight is 492 g/mol. The number of ether oxygens (including phenoxy) is 2. The molecule has 4 rings (SSSR count). The summed E-state index contributed by atoms with van der Waals surface area (Å²) in [5, 5.41) is 2.51. The van der Waals surface area contributed by atoms with Crippen molar-refractivity contribution in [3.63, 3.8) is 0 Å². The third-order valence-corrected chi connectivity index (χ3v) is 8.73. The number of hydrogen-bond donors (Lipinski definition) is 3. The van der Waals surface area contributed by atoms with E-state index in [9.17, 15) is 14.0 Å². The van der Waals surface area contributed by atoms with Gasteiger partial charge < -0.3 is 24.6 Å². The van der Waals surface area contributed by atoms with Crippen molar-refractivity contribution in [1.82, 2.24) is 19.5 Å². The first kappa shape index (κ1) is 23.2. The van der Waals surface area contributed by atoms with Crippen LogP contribution in [0.2, 0.25) is 5.28 Å². The molecule has 172 valence electrons. The molecule has 2 fully saturated rings. The van der Waals surface area contributed by atoms with Crippen LogP contribution in [0.15, 0.2) is 6.33 Å². The molecular weight excluding hydrogens is 465 g/mol. The van der Waals surface area contributed by atoms with Crippen molar-refractivity contribution >= 4 is 47.8 Å². The first-order valence-corrected chi connectivity index (χ1v) is 13.5. The Labute approximate surface area is 189 Å². The quantitative estimate of drug-likeness (QED) is 0.357. The largest absolute Gasteiger partial charge is 0.365 e. The molecule has 2 aromatic heterocycles. The van der Waals surface area contributed by atoms with E-state index < -0.39 is 24.4 Å². The lowest BCUT2D eigenvalue weighted by Crippen LogP contribution is -2.25. The van der Waals surface area contributed by atoms with Gasteiger partial charge in [-0.3, -0.25) is 8.78 Å². The van der Waals surface area contributed by atoms with Crippen molar-refractivity contribution < 1.29 is 23.5 Å². The zero-order valence-electron chi connectivity index (χ0n) is 17.2. The molecule has 0 aromatic carbocycles. The SMILES string of the molecule is CCS(=O)C(OCC1CCC(n2cnc3c(NC4CCCC4)nc(Cl)nc32)O1)P(O)O. The summed E-state index contributed by atoms with van der Waals surface area (Å²) in [6.45, 7) is 1.84. The smallest absolute Gasteiger partial charge is 0.226 e. The van der Waals surface area contributed by atoms with E-state index in [2.05, 4.69) is 20.3 Å². The van der Waals surface area contributed by atoms with Gasteiger partial charge in [-0.2, -0.15) is 9.97 Å². The molecule has 4 atom stereocenters. The molecule has 0 radical (unpaired) electrons. The molecular formula is C18H27ClN5O5PS. The molecule has 4 unspecified atom stereocenters. The van der Waals surface area contributed by atoms with Crippen molar-refractivity contribution in [3.8, 4) is 0 Å². The van der Waals surface area contributed by atoms with Crippen molar-refractivity contribution in [2.45, 2.75) is 69.0 Å². The maximum atomic E-state index is 11.9. The molecule has 1 saturated carbocycles. The molecule has 0 spiro atoms. The van der Waals surface area contributed by atoms with Gasteiger partial charge >= 0.3 is 0 Å². The topological polar surface area (TPSA) is 132 Å². The van der Waals surface area contributed by atoms with E-state index in [4.69, 9.17) is 21.1 Å². The zero-order chi connectivity index (χ0) is 22.0. The Bertz CT molecular complexity index is 928. The molecule has 0 amide bonds. The lowest BCUT2D eigenvalue weighted by atomic mass is 10.2. The molecule has 1 aliphatic carbocycles. The minimum Gasteiger partial charge on any atom is -0.365 e. The number of nitrogens with zero attached hydrogens (tertiary/aromatic N) is 4. The molecule has 1 saturated heterocycles. The Morgan fingerprint density at radius 3 is 2.84 bits per heavy atom. The summed E-state index contributed by atoms with van der Waals surface area (Å²) < 4.78 is 25.4. The fourth-order valence-corrected chi connectivity index (χ4v) is 6.25. The Morgan fingerprint density at radius 1 is 1.35 bits per heavy atom. The third-order valence-electron chi connectivity index (χ3n) is 5.61. The summed E-state index contributed by atoms with van der Waals surface area (Å²) in [4.78, 5) is 32.2. The van der Waals surface area contributed by atoms with Gasteiger partial charge in [0.2, 0.25) is 18.8 Å². The van der Waals surface area contributed by atoms with E-state index in [1.54, 1.807) is 13.3 Å². The number of nitrogens with one attached hydrogen (secondary N) is 1. The van der Waals surface area contributed by atoms with Gasteiger partial charge in [0, 0.05) is 11.8 Å². The molecule has 3 heterocycles. The van der Waals surface area contributed by atoms with E-state index in [1.807, 2.05) is 4.57 Å². The fourth-order valence-electron chi connectivity index (χ4n) is 4.06. The molecule has 2 aromatic rings. The van der Waals surface area contributed by atoms with Crippen LogP contribution < -0.4 is 5.32 Å². The second-order valence-corrected chi connectivity index (χ2v) is 11.3. The number of hydrogen-bond acceptors (Lipinski definition) is 9. The van der Waals surface area contributed by atoms with Crippen LogP contribution >= 0.6 is 20.0 Å². The van der Waals surface area contributed by atoms with Crippen molar-refractivity contribution in [1.29, 1.82) is 0 Å². The predicted molar refractivity (Wildman–Crippen MR) is 119 cm³/mol. The normalized spacial score (nSPS) is 24.3. The minimum absolute atomic E-state index is 0.129. The highest BCUT2D eigenvalue weighted by Gasteiger charge is 2.32. The fraction of sp³-hybridized carbons (Fsp3) is 0.722. The third kappa shape index (κ3) is 5.35. The van der Waals surface area contributed by atoms with Gasteiger partial charge in [0.15, 0.2) is 17.0 Å². The Hall–Kier alpha value is -0.940. The van der Waals surface area contributed by atoms with E-state index in [0.29, 0.717) is 35.9 Å². The summed E-state index contributed by atoms with van der Waals surface area (Å²) in [6.07, 6.45) is 7.14. The first-order chi connectivity index (χ1) is 15.0. The van der Waals surface area contributed by atoms with Crippen LogP contribution in [0.5, 0.6) is 0 Å². The van der Waals surface area contributed by atoms with Crippen molar-refractivity contribution in [3.05, 3.63) is 11.6 Å². The van der Waals surface area contributed by atoms with Crippen molar-refractivity contribution in [2.75, 3.05) is 17.7 Å². The summed E-state index contributed by atoms with van der Waals surface area (Å²) in [7, 11) is -3.91. The van der Waals surface area contributed by atoms with Crippen LogP contribution in [0.3, 0.4) is 0 Å². The van der Waals surface area contributed by atoms with Gasteiger partial charge in [-0.1, -0.05) is 19.8 Å². The highest BCUT2D eigenvalue weighted by atomic mass is 35.5. The molecule has 2 aliphatic rings. The van der Waals surface area contributed by atoms with E-state index in [-0.39, 0.29) is 30.0 Å². The number of halogens is 1. The van der Waals surface area contributed by atoms with Crippen LogP contribution in [-0.2, 0) is 20.3 Å². The van der Waals surface area contributed by atoms with Crippen LogP contribution in [0.4, 0.5) is 5.82 Å². The monoisotopic (exact) mass is 491 g/mol. The maximum absolute atomic E-state index is 11.9. The Morgan fingerprint density at radius 2 is 2.13 bits per heavy atom. The number of fused-ring (bicyclic) bond motifs is 1. The standard InChI is InChI=1S/C18H27ClN5O5PS/c1-2-31(27)18(30(25)26)28-9-12-7-8-13(29-12)24-10-20-14-15(21-11-5-3-4-6-11)22-17(19)23-16(14)24/h10-13,18,25-26H,2-9H2,1H3,(H,21,22,23). The van der Waals surface area contributed by atoms with E-state index in [1.165, 1.54) is 12.8 Å². The molecule has 3 N–H and O–H groups in total. The molecule has 0 bridgehead atoms. The lowest BCUT2D eigenvalue weighted by Gasteiger charge is -2.20. The summed E-state index contributed by atoms with van der Waals surface area (Å²) in [6, 6.07) is 0.369. The van der Waals surface area contributed by atoms with E-state index in [0.717, 1.165) is 12.8 Å². The predicted octanol–water partition coefficient (Wildman–Crippen LogP) is 2.88. The van der Waals surface area contributed by atoms with Gasteiger partial charge in [0.1, 0.15) is 6.23 Å². The van der Waals surface area contributed by atoms with E-state index >= 15 is 0 Å². The minimum atomic E-state index is -2.45. The van der Waals surface area contributed by atoms with Crippen molar-refractivity contribution in [2.24, 2.45) is 0 Å². The van der Waals surface area contributed by atoms with Gasteiger partial charge in [-0.15, -0.1) is 0 Å². The Kier molecular flexibility index (Phi) is 7.74. The zero-order valence-corrected chi connectivity index (χ0v) is 19.7. The first-order valence-electron chi connectivity index (χ1n) is 10.4.